The first-order valence-corrected chi connectivity index (χ1v) is 7.09. The van der Waals surface area contributed by atoms with Gasteiger partial charge in [-0.25, -0.2) is 0 Å². The normalized spacial score (nSPS) is 21.1. The van der Waals surface area contributed by atoms with Crippen LogP contribution in [0.25, 0.3) is 0 Å². The van der Waals surface area contributed by atoms with Crippen molar-refractivity contribution in [2.75, 3.05) is 0 Å². The number of hydrogen-bond donors (Lipinski definition) is 1. The smallest absolute Gasteiger partial charge is 0.00831 e. The molecule has 0 saturated carbocycles. The van der Waals surface area contributed by atoms with Gasteiger partial charge in [-0.3, -0.25) is 0 Å². The van der Waals surface area contributed by atoms with Crippen molar-refractivity contribution in [2.45, 2.75) is 69.6 Å². The Morgan fingerprint density at radius 2 is 1.65 bits per heavy atom. The fraction of sp³-hybridized carbons (Fsp3) is 0.625. The van der Waals surface area contributed by atoms with Crippen LogP contribution >= 0.6 is 12.6 Å². The summed E-state index contributed by atoms with van der Waals surface area (Å²) in [5.74, 6) is 0. The lowest BCUT2D eigenvalue weighted by Gasteiger charge is -2.42. The summed E-state index contributed by atoms with van der Waals surface area (Å²) < 4.78 is 0. The van der Waals surface area contributed by atoms with E-state index in [1.807, 2.05) is 0 Å². The maximum absolute atomic E-state index is 4.75. The van der Waals surface area contributed by atoms with Gasteiger partial charge in [0.15, 0.2) is 0 Å². The molecular formula is C16H24S. The largest absolute Gasteiger partial charge is 0.143 e. The van der Waals surface area contributed by atoms with Gasteiger partial charge in [0.05, 0.1) is 0 Å². The summed E-state index contributed by atoms with van der Waals surface area (Å²) >= 11 is 4.75. The molecule has 1 aromatic carbocycles. The Hall–Kier alpha value is -0.430. The molecule has 0 bridgehead atoms. The summed E-state index contributed by atoms with van der Waals surface area (Å²) in [6, 6.07) is 4.67. The molecule has 0 N–H and O–H groups in total. The van der Waals surface area contributed by atoms with Crippen molar-refractivity contribution in [2.24, 2.45) is 0 Å². The fourth-order valence-corrected chi connectivity index (χ4v) is 3.61. The SMILES string of the molecule is CCc1cc(S)c2c(c1)C(C)(C)CCC2(C)C. The zero-order chi connectivity index (χ0) is 12.8. The molecule has 0 fully saturated rings. The van der Waals surface area contributed by atoms with Crippen molar-refractivity contribution in [1.29, 1.82) is 0 Å². The van der Waals surface area contributed by atoms with E-state index in [2.05, 4.69) is 46.8 Å². The molecule has 17 heavy (non-hydrogen) atoms. The van der Waals surface area contributed by atoms with E-state index in [0.29, 0.717) is 5.41 Å². The molecule has 1 aliphatic rings. The van der Waals surface area contributed by atoms with E-state index in [1.165, 1.54) is 34.4 Å². The predicted octanol–water partition coefficient (Wildman–Crippen LogP) is 4.89. The van der Waals surface area contributed by atoms with Gasteiger partial charge in [0.2, 0.25) is 0 Å². The number of rotatable bonds is 1. The minimum atomic E-state index is 0.272. The molecule has 0 atom stereocenters. The van der Waals surface area contributed by atoms with E-state index in [-0.39, 0.29) is 5.41 Å². The second kappa shape index (κ2) is 4.05. The van der Waals surface area contributed by atoms with E-state index in [1.54, 1.807) is 0 Å². The topological polar surface area (TPSA) is 0 Å². The number of benzene rings is 1. The van der Waals surface area contributed by atoms with Gasteiger partial charge in [-0.05, 0) is 52.8 Å². The first-order chi connectivity index (χ1) is 7.78. The predicted molar refractivity (Wildman–Crippen MR) is 78.4 cm³/mol. The quantitative estimate of drug-likeness (QED) is 0.672. The number of hydrogen-bond acceptors (Lipinski definition) is 1. The average molecular weight is 248 g/mol. The minimum absolute atomic E-state index is 0.272. The zero-order valence-electron chi connectivity index (χ0n) is 11.7. The molecule has 0 spiro atoms. The van der Waals surface area contributed by atoms with E-state index < -0.39 is 0 Å². The maximum atomic E-state index is 4.75. The third kappa shape index (κ3) is 2.14. The molecule has 0 nitrogen and oxygen atoms in total. The Morgan fingerprint density at radius 1 is 1.06 bits per heavy atom. The maximum Gasteiger partial charge on any atom is 0.00831 e. The van der Waals surface area contributed by atoms with Crippen LogP contribution in [0.2, 0.25) is 0 Å². The van der Waals surface area contributed by atoms with Crippen LogP contribution in [0.5, 0.6) is 0 Å². The van der Waals surface area contributed by atoms with Gasteiger partial charge in [0, 0.05) is 4.90 Å². The van der Waals surface area contributed by atoms with Crippen LogP contribution in [0.3, 0.4) is 0 Å². The van der Waals surface area contributed by atoms with Crippen molar-refractivity contribution in [3.8, 4) is 0 Å². The summed E-state index contributed by atoms with van der Waals surface area (Å²) in [6.45, 7) is 11.7. The summed E-state index contributed by atoms with van der Waals surface area (Å²) in [7, 11) is 0. The van der Waals surface area contributed by atoms with Crippen LogP contribution in [0.15, 0.2) is 17.0 Å². The minimum Gasteiger partial charge on any atom is -0.143 e. The summed E-state index contributed by atoms with van der Waals surface area (Å²) in [5, 5.41) is 0. The van der Waals surface area contributed by atoms with E-state index in [9.17, 15) is 0 Å². The van der Waals surface area contributed by atoms with Crippen LogP contribution in [0.1, 0.15) is 64.2 Å². The number of thiol groups is 1. The number of aryl methyl sites for hydroxylation is 1. The number of fused-ring (bicyclic) bond motifs is 1. The molecule has 0 amide bonds. The highest BCUT2D eigenvalue weighted by atomic mass is 32.1. The van der Waals surface area contributed by atoms with Crippen molar-refractivity contribution in [3.63, 3.8) is 0 Å². The van der Waals surface area contributed by atoms with Gasteiger partial charge >= 0.3 is 0 Å². The zero-order valence-corrected chi connectivity index (χ0v) is 12.6. The van der Waals surface area contributed by atoms with E-state index >= 15 is 0 Å². The Balaban J connectivity index is 2.71. The molecule has 0 aliphatic heterocycles. The summed E-state index contributed by atoms with van der Waals surface area (Å²) in [4.78, 5) is 1.19. The molecule has 2 rings (SSSR count). The molecule has 1 heteroatoms. The third-order valence-electron chi connectivity index (χ3n) is 4.37. The molecule has 0 unspecified atom stereocenters. The highest BCUT2D eigenvalue weighted by molar-refractivity contribution is 7.80. The Labute approximate surface area is 111 Å². The summed E-state index contributed by atoms with van der Waals surface area (Å²) in [6.07, 6.45) is 3.62. The standard InChI is InChI=1S/C16H24S/c1-6-11-9-12-14(13(17)10-11)16(4,5)8-7-15(12,2)3/h9-10,17H,6-8H2,1-5H3. The molecule has 1 aliphatic carbocycles. The van der Waals surface area contributed by atoms with Gasteiger partial charge in [-0.1, -0.05) is 40.7 Å². The van der Waals surface area contributed by atoms with Gasteiger partial charge in [-0.15, -0.1) is 12.6 Å². The van der Waals surface area contributed by atoms with Crippen molar-refractivity contribution >= 4 is 12.6 Å². The van der Waals surface area contributed by atoms with Crippen LogP contribution in [-0.2, 0) is 17.3 Å². The van der Waals surface area contributed by atoms with Gasteiger partial charge in [0.25, 0.3) is 0 Å². The van der Waals surface area contributed by atoms with Crippen LogP contribution in [0.4, 0.5) is 0 Å². The molecule has 0 saturated heterocycles. The second-order valence-electron chi connectivity index (χ2n) is 6.66. The lowest BCUT2D eigenvalue weighted by atomic mass is 9.63. The Morgan fingerprint density at radius 3 is 2.24 bits per heavy atom. The molecule has 0 aromatic heterocycles. The van der Waals surface area contributed by atoms with Gasteiger partial charge in [-0.2, -0.15) is 0 Å². The molecule has 0 radical (unpaired) electrons. The van der Waals surface area contributed by atoms with Crippen LogP contribution < -0.4 is 0 Å². The van der Waals surface area contributed by atoms with Gasteiger partial charge < -0.3 is 0 Å². The van der Waals surface area contributed by atoms with Gasteiger partial charge in [0.1, 0.15) is 0 Å². The Bertz CT molecular complexity index is 441. The Kier molecular flexibility index (Phi) is 3.10. The lowest BCUT2D eigenvalue weighted by molar-refractivity contribution is 0.326. The fourth-order valence-electron chi connectivity index (χ4n) is 3.02. The highest BCUT2D eigenvalue weighted by Gasteiger charge is 2.38. The van der Waals surface area contributed by atoms with E-state index in [4.69, 9.17) is 12.6 Å². The first-order valence-electron chi connectivity index (χ1n) is 6.65. The summed E-state index contributed by atoms with van der Waals surface area (Å²) in [5.41, 5.74) is 4.99. The van der Waals surface area contributed by atoms with Crippen molar-refractivity contribution < 1.29 is 0 Å². The van der Waals surface area contributed by atoms with Crippen LogP contribution in [0, 0.1) is 0 Å². The average Bonchev–Trinajstić information content (AvgIpc) is 2.23. The molecule has 0 heterocycles. The monoisotopic (exact) mass is 248 g/mol. The second-order valence-corrected chi connectivity index (χ2v) is 7.14. The van der Waals surface area contributed by atoms with Crippen molar-refractivity contribution in [3.05, 3.63) is 28.8 Å². The molecular weight excluding hydrogens is 224 g/mol. The van der Waals surface area contributed by atoms with Crippen molar-refractivity contribution in [1.82, 2.24) is 0 Å². The van der Waals surface area contributed by atoms with Crippen LogP contribution in [-0.4, -0.2) is 0 Å². The molecule has 94 valence electrons. The highest BCUT2D eigenvalue weighted by Crippen LogP contribution is 2.48. The third-order valence-corrected chi connectivity index (χ3v) is 4.72. The first kappa shape index (κ1) is 13.0. The molecule has 1 aromatic rings. The lowest BCUT2D eigenvalue weighted by Crippen LogP contribution is -2.34. The van der Waals surface area contributed by atoms with E-state index in [0.717, 1.165) is 6.42 Å².